The summed E-state index contributed by atoms with van der Waals surface area (Å²) in [7, 11) is 0. The maximum Gasteiger partial charge on any atom is 0.306 e. The molecule has 1 unspecified atom stereocenters. The molecule has 0 aromatic carbocycles. The molecule has 0 aliphatic heterocycles. The van der Waals surface area contributed by atoms with Gasteiger partial charge < -0.3 is 14.2 Å². The van der Waals surface area contributed by atoms with E-state index in [-0.39, 0.29) is 37.5 Å². The lowest BCUT2D eigenvalue weighted by Crippen LogP contribution is -2.30. The van der Waals surface area contributed by atoms with Crippen LogP contribution in [0.4, 0.5) is 0 Å². The van der Waals surface area contributed by atoms with Crippen molar-refractivity contribution in [3.8, 4) is 0 Å². The van der Waals surface area contributed by atoms with Crippen molar-refractivity contribution in [1.82, 2.24) is 0 Å². The predicted octanol–water partition coefficient (Wildman–Crippen LogP) is 22.6. The van der Waals surface area contributed by atoms with Gasteiger partial charge in [0, 0.05) is 19.3 Å². The van der Waals surface area contributed by atoms with Crippen molar-refractivity contribution in [1.29, 1.82) is 0 Å². The summed E-state index contributed by atoms with van der Waals surface area (Å²) in [5.74, 6) is -0.949. The quantitative estimate of drug-likeness (QED) is 0.0261. The van der Waals surface area contributed by atoms with Gasteiger partial charge in [0.05, 0.1) is 0 Å². The molecule has 0 aliphatic rings. The summed E-state index contributed by atoms with van der Waals surface area (Å²) in [5.41, 5.74) is 0. The van der Waals surface area contributed by atoms with Crippen LogP contribution in [-0.2, 0) is 28.6 Å². The van der Waals surface area contributed by atoms with Crippen molar-refractivity contribution < 1.29 is 28.6 Å². The van der Waals surface area contributed by atoms with E-state index < -0.39 is 6.10 Å². The Morgan fingerprint density at radius 3 is 0.833 bits per heavy atom. The van der Waals surface area contributed by atoms with Crippen LogP contribution >= 0.6 is 0 Å². The molecule has 0 saturated heterocycles. The highest BCUT2D eigenvalue weighted by atomic mass is 16.6. The first-order valence-electron chi connectivity index (χ1n) is 32.9. The summed E-state index contributed by atoms with van der Waals surface area (Å²) in [5, 5.41) is 0. The summed E-state index contributed by atoms with van der Waals surface area (Å²) in [4.78, 5) is 38.4. The summed E-state index contributed by atoms with van der Waals surface area (Å²) >= 11 is 0. The van der Waals surface area contributed by atoms with Crippen LogP contribution in [0, 0.1) is 0 Å². The molecule has 6 heteroatoms. The van der Waals surface area contributed by atoms with Gasteiger partial charge in [-0.25, -0.2) is 0 Å². The molecular weight excluding hydrogens is 961 g/mol. The van der Waals surface area contributed by atoms with Gasteiger partial charge in [0.2, 0.25) is 0 Å². The average Bonchev–Trinajstić information content (AvgIpc) is 3.44. The van der Waals surface area contributed by atoms with E-state index in [0.717, 1.165) is 103 Å². The minimum Gasteiger partial charge on any atom is -0.462 e. The van der Waals surface area contributed by atoms with E-state index in [1.54, 1.807) is 0 Å². The van der Waals surface area contributed by atoms with Crippen molar-refractivity contribution in [2.45, 2.75) is 316 Å². The maximum absolute atomic E-state index is 12.9. The van der Waals surface area contributed by atoms with Gasteiger partial charge in [0.15, 0.2) is 6.10 Å². The smallest absolute Gasteiger partial charge is 0.306 e. The highest BCUT2D eigenvalue weighted by molar-refractivity contribution is 5.71. The van der Waals surface area contributed by atoms with Crippen LogP contribution in [0.2, 0.25) is 0 Å². The molecule has 0 aromatic heterocycles. The van der Waals surface area contributed by atoms with E-state index in [9.17, 15) is 14.4 Å². The Labute approximate surface area is 482 Å². The lowest BCUT2D eigenvalue weighted by molar-refractivity contribution is -0.167. The molecular formula is C72H122O6. The Kier molecular flexibility index (Phi) is 62.3. The molecule has 0 spiro atoms. The third-order valence-electron chi connectivity index (χ3n) is 14.0. The van der Waals surface area contributed by atoms with Gasteiger partial charge in [-0.3, -0.25) is 14.4 Å². The zero-order chi connectivity index (χ0) is 56.4. The molecule has 0 amide bonds. The first kappa shape index (κ1) is 74.1. The fraction of sp³-hybridized carbons (Fsp3) is 0.708. The van der Waals surface area contributed by atoms with Gasteiger partial charge in [0.25, 0.3) is 0 Å². The van der Waals surface area contributed by atoms with Gasteiger partial charge >= 0.3 is 17.9 Å². The van der Waals surface area contributed by atoms with Crippen LogP contribution in [0.25, 0.3) is 0 Å². The van der Waals surface area contributed by atoms with Crippen molar-refractivity contribution in [3.05, 3.63) is 109 Å². The lowest BCUT2D eigenvalue weighted by atomic mass is 10.0. The molecule has 0 aliphatic carbocycles. The Morgan fingerprint density at radius 1 is 0.269 bits per heavy atom. The molecule has 0 bridgehead atoms. The highest BCUT2D eigenvalue weighted by Gasteiger charge is 2.19. The molecule has 0 rings (SSSR count). The van der Waals surface area contributed by atoms with Crippen LogP contribution in [0.3, 0.4) is 0 Å². The first-order valence-corrected chi connectivity index (χ1v) is 32.9. The van der Waals surface area contributed by atoms with Crippen LogP contribution in [0.5, 0.6) is 0 Å². The number of carbonyl (C=O) groups excluding carboxylic acids is 3. The monoisotopic (exact) mass is 1080 g/mol. The second-order valence-electron chi connectivity index (χ2n) is 21.6. The van der Waals surface area contributed by atoms with Crippen LogP contribution < -0.4 is 0 Å². The Hall–Kier alpha value is -3.93. The summed E-state index contributed by atoms with van der Waals surface area (Å²) < 4.78 is 16.9. The molecule has 0 aromatic rings. The molecule has 0 fully saturated rings. The predicted molar refractivity (Wildman–Crippen MR) is 339 cm³/mol. The third-order valence-corrected chi connectivity index (χ3v) is 14.0. The molecule has 0 N–H and O–H groups in total. The van der Waals surface area contributed by atoms with Crippen LogP contribution in [-0.4, -0.2) is 37.2 Å². The molecule has 0 saturated carbocycles. The topological polar surface area (TPSA) is 78.9 Å². The fourth-order valence-electron chi connectivity index (χ4n) is 9.18. The second-order valence-corrected chi connectivity index (χ2v) is 21.6. The van der Waals surface area contributed by atoms with Crippen molar-refractivity contribution in [3.63, 3.8) is 0 Å². The van der Waals surface area contributed by atoms with Gasteiger partial charge in [-0.15, -0.1) is 0 Å². The van der Waals surface area contributed by atoms with Gasteiger partial charge in [0.1, 0.15) is 13.2 Å². The summed E-state index contributed by atoms with van der Waals surface area (Å²) in [6.07, 6.45) is 89.6. The molecule has 0 radical (unpaired) electrons. The number of esters is 3. The largest absolute Gasteiger partial charge is 0.462 e. The van der Waals surface area contributed by atoms with E-state index in [0.29, 0.717) is 19.3 Å². The van der Waals surface area contributed by atoms with Crippen molar-refractivity contribution in [2.24, 2.45) is 0 Å². The van der Waals surface area contributed by atoms with Gasteiger partial charge in [-0.05, 0) is 96.3 Å². The fourth-order valence-corrected chi connectivity index (χ4v) is 9.18. The highest BCUT2D eigenvalue weighted by Crippen LogP contribution is 2.17. The Bertz CT molecular complexity index is 1570. The van der Waals surface area contributed by atoms with Crippen molar-refractivity contribution in [2.75, 3.05) is 13.2 Å². The SMILES string of the molecule is CC/C=C\C/C=C\C/C=C\C/C=C\C/C=C\CCCC(=O)OCC(COC(=O)CCCCCCCCCCCC/C=C\C/C=C\C/C=C\C/C=C\CC)OC(=O)CCCCCCCCCCCCCCCCCCCCCC. The zero-order valence-electron chi connectivity index (χ0n) is 51.2. The van der Waals surface area contributed by atoms with E-state index in [4.69, 9.17) is 14.2 Å². The molecule has 1 atom stereocenters. The molecule has 0 heterocycles. The van der Waals surface area contributed by atoms with E-state index in [1.165, 1.54) is 161 Å². The minimum atomic E-state index is -0.804. The number of allylic oxidation sites excluding steroid dienone is 18. The molecule has 78 heavy (non-hydrogen) atoms. The summed E-state index contributed by atoms with van der Waals surface area (Å²) in [6.45, 7) is 6.40. The average molecular weight is 1080 g/mol. The standard InChI is InChI=1S/C72H122O6/c1-4-7-10-13-16-19-22-25-28-31-33-35-36-37-39-41-44-47-50-53-56-59-62-65-71(74)77-68-69(67-76-70(73)64-61-58-55-52-49-46-43-40-30-27-24-21-18-15-12-9-6-3)78-72(75)66-63-60-57-54-51-48-45-42-38-34-32-29-26-23-20-17-14-11-8-5-2/h7,9-10,12,16,18-19,21,25,27-28,30,33,35,43,46,52,55,69H,4-6,8,11,13-15,17,20,22-24,26,29,31-32,34,36-42,44-45,47-51,53-54,56-68H2,1-3H3/b10-7-,12-9-,19-16-,21-18-,28-25-,30-27-,35-33-,46-43-,55-52-. The normalized spacial score (nSPS) is 12.8. The minimum absolute atomic E-state index is 0.0966. The zero-order valence-corrected chi connectivity index (χ0v) is 51.2. The Balaban J connectivity index is 4.42. The van der Waals surface area contributed by atoms with Crippen LogP contribution in [0.1, 0.15) is 310 Å². The number of carbonyl (C=O) groups is 3. The summed E-state index contributed by atoms with van der Waals surface area (Å²) in [6, 6.07) is 0. The number of unbranched alkanes of at least 4 members (excludes halogenated alkanes) is 30. The number of hydrogen-bond donors (Lipinski definition) is 0. The van der Waals surface area contributed by atoms with E-state index >= 15 is 0 Å². The number of hydrogen-bond acceptors (Lipinski definition) is 6. The first-order chi connectivity index (χ1) is 38.5. The maximum atomic E-state index is 12.9. The Morgan fingerprint density at radius 2 is 0.513 bits per heavy atom. The second kappa shape index (κ2) is 65.6. The number of ether oxygens (including phenoxy) is 3. The lowest BCUT2D eigenvalue weighted by Gasteiger charge is -2.18. The van der Waals surface area contributed by atoms with E-state index in [1.807, 2.05) is 0 Å². The number of rotatable bonds is 59. The van der Waals surface area contributed by atoms with Gasteiger partial charge in [-0.1, -0.05) is 304 Å². The van der Waals surface area contributed by atoms with Crippen molar-refractivity contribution >= 4 is 17.9 Å². The third kappa shape index (κ3) is 62.9. The van der Waals surface area contributed by atoms with Crippen LogP contribution in [0.15, 0.2) is 109 Å². The molecule has 446 valence electrons. The van der Waals surface area contributed by atoms with E-state index in [2.05, 4.69) is 130 Å². The van der Waals surface area contributed by atoms with Gasteiger partial charge in [-0.2, -0.15) is 0 Å². The molecule has 6 nitrogen and oxygen atoms in total.